The Balaban J connectivity index is 2.20. The second kappa shape index (κ2) is 3.71. The molecule has 0 aliphatic heterocycles. The summed E-state index contributed by atoms with van der Waals surface area (Å²) in [4.78, 5) is 0. The van der Waals surface area contributed by atoms with Crippen molar-refractivity contribution in [3.8, 4) is 0 Å². The number of hydrogen-bond donors (Lipinski definition) is 0. The lowest BCUT2D eigenvalue weighted by Crippen LogP contribution is -2.07. The van der Waals surface area contributed by atoms with Gasteiger partial charge in [-0.3, -0.25) is 0 Å². The third kappa shape index (κ3) is 2.04. The minimum Gasteiger partial charge on any atom is -0.207 e. The van der Waals surface area contributed by atoms with E-state index in [0.29, 0.717) is 10.9 Å². The molecule has 1 aliphatic carbocycles. The molecule has 14 heavy (non-hydrogen) atoms. The first kappa shape index (κ1) is 10.3. The maximum atomic E-state index is 13.0. The summed E-state index contributed by atoms with van der Waals surface area (Å²) in [6, 6.07) is 4.50. The highest BCUT2D eigenvalue weighted by molar-refractivity contribution is 6.31. The van der Waals surface area contributed by atoms with E-state index >= 15 is 0 Å². The zero-order valence-corrected chi connectivity index (χ0v) is 9.21. The molecule has 1 fully saturated rings. The van der Waals surface area contributed by atoms with Crippen LogP contribution in [-0.4, -0.2) is 5.88 Å². The number of alkyl halides is 1. The van der Waals surface area contributed by atoms with E-state index in [4.69, 9.17) is 23.2 Å². The van der Waals surface area contributed by atoms with Gasteiger partial charge < -0.3 is 0 Å². The molecule has 0 N–H and O–H groups in total. The van der Waals surface area contributed by atoms with Crippen LogP contribution >= 0.6 is 23.2 Å². The highest BCUT2D eigenvalue weighted by Gasteiger charge is 2.41. The Morgan fingerprint density at radius 3 is 2.64 bits per heavy atom. The summed E-state index contributed by atoms with van der Waals surface area (Å²) in [5.41, 5.74) is 1.07. The van der Waals surface area contributed by atoms with Gasteiger partial charge in [0.1, 0.15) is 5.82 Å². The van der Waals surface area contributed by atoms with Gasteiger partial charge in [-0.1, -0.05) is 11.6 Å². The van der Waals surface area contributed by atoms with Crippen LogP contribution in [0.1, 0.15) is 18.4 Å². The van der Waals surface area contributed by atoms with E-state index in [2.05, 4.69) is 0 Å². The van der Waals surface area contributed by atoms with Gasteiger partial charge in [-0.25, -0.2) is 4.39 Å². The normalized spacial score (nSPS) is 18.2. The molecule has 3 heteroatoms. The molecule has 0 spiro atoms. The molecule has 0 unspecified atom stereocenters. The van der Waals surface area contributed by atoms with Crippen molar-refractivity contribution in [2.75, 3.05) is 5.88 Å². The van der Waals surface area contributed by atoms with Crippen molar-refractivity contribution in [3.63, 3.8) is 0 Å². The zero-order chi connectivity index (χ0) is 10.2. The molecule has 0 saturated heterocycles. The lowest BCUT2D eigenvalue weighted by Gasteiger charge is -2.12. The molecular formula is C11H11Cl2F. The molecule has 76 valence electrons. The van der Waals surface area contributed by atoms with Crippen molar-refractivity contribution >= 4 is 23.2 Å². The monoisotopic (exact) mass is 232 g/mol. The second-order valence-corrected chi connectivity index (χ2v) is 4.72. The molecule has 0 heterocycles. The average Bonchev–Trinajstić information content (AvgIpc) is 2.92. The van der Waals surface area contributed by atoms with Gasteiger partial charge >= 0.3 is 0 Å². The first-order valence-electron chi connectivity index (χ1n) is 4.65. The van der Waals surface area contributed by atoms with E-state index in [1.807, 2.05) is 0 Å². The van der Waals surface area contributed by atoms with Crippen molar-refractivity contribution in [1.29, 1.82) is 0 Å². The SMILES string of the molecule is Fc1ccc(Cl)c(CC2(CCl)CC2)c1. The van der Waals surface area contributed by atoms with E-state index in [1.165, 1.54) is 12.1 Å². The quantitative estimate of drug-likeness (QED) is 0.691. The Morgan fingerprint density at radius 1 is 1.36 bits per heavy atom. The summed E-state index contributed by atoms with van der Waals surface area (Å²) >= 11 is 11.8. The predicted molar refractivity (Wildman–Crippen MR) is 57.5 cm³/mol. The molecule has 1 saturated carbocycles. The van der Waals surface area contributed by atoms with Gasteiger partial charge in [-0.05, 0) is 48.4 Å². The van der Waals surface area contributed by atoms with Gasteiger partial charge in [0.2, 0.25) is 0 Å². The van der Waals surface area contributed by atoms with Gasteiger partial charge in [0.15, 0.2) is 0 Å². The van der Waals surface area contributed by atoms with Gasteiger partial charge in [0.05, 0.1) is 0 Å². The molecule has 0 radical (unpaired) electrons. The fraction of sp³-hybridized carbons (Fsp3) is 0.455. The third-order valence-corrected chi connectivity index (χ3v) is 3.75. The summed E-state index contributed by atoms with van der Waals surface area (Å²) in [7, 11) is 0. The van der Waals surface area contributed by atoms with Crippen LogP contribution in [-0.2, 0) is 6.42 Å². The summed E-state index contributed by atoms with van der Waals surface area (Å²) < 4.78 is 13.0. The maximum absolute atomic E-state index is 13.0. The van der Waals surface area contributed by atoms with Crippen LogP contribution in [0.15, 0.2) is 18.2 Å². The number of hydrogen-bond acceptors (Lipinski definition) is 0. The lowest BCUT2D eigenvalue weighted by molar-refractivity contribution is 0.571. The highest BCUT2D eigenvalue weighted by atomic mass is 35.5. The van der Waals surface area contributed by atoms with Gasteiger partial charge in [0.25, 0.3) is 0 Å². The van der Waals surface area contributed by atoms with Crippen LogP contribution in [0.5, 0.6) is 0 Å². The Bertz CT molecular complexity index is 345. The van der Waals surface area contributed by atoms with Crippen molar-refractivity contribution < 1.29 is 4.39 Å². The van der Waals surface area contributed by atoms with Crippen molar-refractivity contribution in [2.45, 2.75) is 19.3 Å². The number of halogens is 3. The lowest BCUT2D eigenvalue weighted by atomic mass is 9.98. The molecule has 0 nitrogen and oxygen atoms in total. The minimum absolute atomic E-state index is 0.193. The van der Waals surface area contributed by atoms with Crippen molar-refractivity contribution in [1.82, 2.24) is 0 Å². The molecule has 0 atom stereocenters. The topological polar surface area (TPSA) is 0 Å². The standard InChI is InChI=1S/C11H11Cl2F/c12-7-11(3-4-11)6-8-5-9(14)1-2-10(8)13/h1-2,5H,3-4,6-7H2. The van der Waals surface area contributed by atoms with Crippen LogP contribution < -0.4 is 0 Å². The third-order valence-electron chi connectivity index (χ3n) is 2.81. The second-order valence-electron chi connectivity index (χ2n) is 4.05. The molecule has 0 bridgehead atoms. The van der Waals surface area contributed by atoms with Crippen LogP contribution in [0.2, 0.25) is 5.02 Å². The maximum Gasteiger partial charge on any atom is 0.123 e. The summed E-state index contributed by atoms with van der Waals surface area (Å²) in [6.45, 7) is 0. The van der Waals surface area contributed by atoms with Crippen LogP contribution in [0, 0.1) is 11.2 Å². The van der Waals surface area contributed by atoms with E-state index in [1.54, 1.807) is 6.07 Å². The van der Waals surface area contributed by atoms with Crippen LogP contribution in [0.3, 0.4) is 0 Å². The minimum atomic E-state index is -0.227. The molecule has 1 aromatic carbocycles. The fourth-order valence-corrected chi connectivity index (χ4v) is 2.16. The Hall–Kier alpha value is -0.270. The van der Waals surface area contributed by atoms with E-state index in [9.17, 15) is 4.39 Å². The number of benzene rings is 1. The van der Waals surface area contributed by atoms with Crippen molar-refractivity contribution in [2.24, 2.45) is 5.41 Å². The molecule has 0 aromatic heterocycles. The zero-order valence-electron chi connectivity index (χ0n) is 7.69. The van der Waals surface area contributed by atoms with E-state index < -0.39 is 0 Å². The highest BCUT2D eigenvalue weighted by Crippen LogP contribution is 2.49. The summed E-state index contributed by atoms with van der Waals surface area (Å²) in [6.07, 6.45) is 3.06. The van der Waals surface area contributed by atoms with Gasteiger partial charge in [-0.15, -0.1) is 11.6 Å². The average molecular weight is 233 g/mol. The fourth-order valence-electron chi connectivity index (χ4n) is 1.62. The van der Waals surface area contributed by atoms with E-state index in [-0.39, 0.29) is 11.2 Å². The van der Waals surface area contributed by atoms with Crippen LogP contribution in [0.4, 0.5) is 4.39 Å². The van der Waals surface area contributed by atoms with Crippen LogP contribution in [0.25, 0.3) is 0 Å². The largest absolute Gasteiger partial charge is 0.207 e. The van der Waals surface area contributed by atoms with Crippen molar-refractivity contribution in [3.05, 3.63) is 34.6 Å². The summed E-state index contributed by atoms with van der Waals surface area (Å²) in [5, 5.41) is 0.641. The van der Waals surface area contributed by atoms with Gasteiger partial charge in [-0.2, -0.15) is 0 Å². The molecule has 1 aliphatic rings. The molecule has 0 amide bonds. The first-order valence-corrected chi connectivity index (χ1v) is 5.56. The Labute approximate surface area is 93.0 Å². The smallest absolute Gasteiger partial charge is 0.123 e. The molecule has 2 rings (SSSR count). The predicted octanol–water partition coefficient (Wildman–Crippen LogP) is 4.04. The summed E-state index contributed by atoms with van der Waals surface area (Å²) in [5.74, 6) is 0.412. The number of rotatable bonds is 3. The first-order chi connectivity index (χ1) is 6.65. The Morgan fingerprint density at radius 2 is 2.07 bits per heavy atom. The molecule has 1 aromatic rings. The van der Waals surface area contributed by atoms with Gasteiger partial charge in [0, 0.05) is 10.9 Å². The molecular weight excluding hydrogens is 222 g/mol. The van der Waals surface area contributed by atoms with E-state index in [0.717, 1.165) is 24.8 Å². The Kier molecular flexibility index (Phi) is 2.72.